The predicted molar refractivity (Wildman–Crippen MR) is 133 cm³/mol. The van der Waals surface area contributed by atoms with Gasteiger partial charge in [-0.2, -0.15) is 0 Å². The van der Waals surface area contributed by atoms with Crippen LogP contribution in [0.1, 0.15) is 66.5 Å². The monoisotopic (exact) mass is 432 g/mol. The first-order valence-electron chi connectivity index (χ1n) is 11.4. The largest absolute Gasteiger partial charge is 0.494 e. The van der Waals surface area contributed by atoms with Crippen LogP contribution in [-0.2, 0) is 18.6 Å². The Morgan fingerprint density at radius 2 is 0.719 bits per heavy atom. The molecule has 2 fully saturated rings. The van der Waals surface area contributed by atoms with Gasteiger partial charge in [0.15, 0.2) is 0 Å². The fourth-order valence-corrected chi connectivity index (χ4v) is 3.68. The lowest BCUT2D eigenvalue weighted by Gasteiger charge is -2.32. The van der Waals surface area contributed by atoms with Crippen molar-refractivity contribution in [3.63, 3.8) is 0 Å². The van der Waals surface area contributed by atoms with Crippen molar-refractivity contribution in [2.24, 2.45) is 0 Å². The van der Waals surface area contributed by atoms with Crippen molar-refractivity contribution >= 4 is 37.3 Å². The molecule has 6 heteroatoms. The topological polar surface area (TPSA) is 36.9 Å². The van der Waals surface area contributed by atoms with E-state index in [1.165, 1.54) is 0 Å². The highest BCUT2D eigenvalue weighted by Crippen LogP contribution is 2.37. The molecule has 2 aromatic carbocycles. The maximum Gasteiger partial charge on any atom is 0.494 e. The highest BCUT2D eigenvalue weighted by atomic mass is 16.7. The van der Waals surface area contributed by atoms with Crippen LogP contribution in [-0.4, -0.2) is 36.6 Å². The van der Waals surface area contributed by atoms with Crippen LogP contribution < -0.4 is 10.9 Å². The molecule has 0 saturated carbocycles. The number of rotatable bonds is 4. The first-order chi connectivity index (χ1) is 14.8. The van der Waals surface area contributed by atoms with Crippen LogP contribution in [0.25, 0.3) is 12.2 Å². The molecule has 0 radical (unpaired) electrons. The van der Waals surface area contributed by atoms with Crippen molar-refractivity contribution in [2.75, 3.05) is 0 Å². The molecule has 2 saturated heterocycles. The molecule has 0 spiro atoms. The number of hydrogen-bond donors (Lipinski definition) is 0. The van der Waals surface area contributed by atoms with E-state index in [2.05, 4.69) is 116 Å². The normalized spacial score (nSPS) is 23.2. The third-order valence-corrected chi connectivity index (χ3v) is 7.39. The minimum Gasteiger partial charge on any atom is -0.399 e. The van der Waals surface area contributed by atoms with E-state index >= 15 is 0 Å². The van der Waals surface area contributed by atoms with Gasteiger partial charge in [-0.15, -0.1) is 0 Å². The Morgan fingerprint density at radius 1 is 0.469 bits per heavy atom. The van der Waals surface area contributed by atoms with Crippen molar-refractivity contribution < 1.29 is 18.6 Å². The summed E-state index contributed by atoms with van der Waals surface area (Å²) in [5.74, 6) is 0. The van der Waals surface area contributed by atoms with Gasteiger partial charge >= 0.3 is 14.2 Å². The van der Waals surface area contributed by atoms with Gasteiger partial charge in [-0.25, -0.2) is 0 Å². The average molecular weight is 432 g/mol. The SMILES string of the molecule is CC1(C)OB(c2ccc(/C=C/c3ccc(B4OC(C)(C)C(C)(C)O4)cc3)cc2)OC1(C)C. The third kappa shape index (κ3) is 4.34. The quantitative estimate of drug-likeness (QED) is 0.529. The Bertz CT molecular complexity index is 878. The second kappa shape index (κ2) is 7.88. The Kier molecular flexibility index (Phi) is 5.74. The minimum atomic E-state index is -0.333. The van der Waals surface area contributed by atoms with Crippen molar-refractivity contribution in [2.45, 2.75) is 77.8 Å². The summed E-state index contributed by atoms with van der Waals surface area (Å²) in [6.07, 6.45) is 4.22. The van der Waals surface area contributed by atoms with Gasteiger partial charge in [0.2, 0.25) is 0 Å². The van der Waals surface area contributed by atoms with Gasteiger partial charge < -0.3 is 18.6 Å². The molecular weight excluding hydrogens is 398 g/mol. The molecule has 2 aliphatic rings. The van der Waals surface area contributed by atoms with E-state index < -0.39 is 0 Å². The second-order valence-electron chi connectivity index (χ2n) is 10.8. The van der Waals surface area contributed by atoms with E-state index in [0.29, 0.717) is 0 Å². The molecule has 0 N–H and O–H groups in total. The molecule has 0 unspecified atom stereocenters. The summed E-state index contributed by atoms with van der Waals surface area (Å²) in [5.41, 5.74) is 3.00. The fourth-order valence-electron chi connectivity index (χ4n) is 3.68. The van der Waals surface area contributed by atoms with E-state index in [9.17, 15) is 0 Å². The lowest BCUT2D eigenvalue weighted by atomic mass is 9.78. The molecule has 0 atom stereocenters. The molecule has 4 rings (SSSR count). The molecule has 0 bridgehead atoms. The van der Waals surface area contributed by atoms with Crippen LogP contribution in [0.3, 0.4) is 0 Å². The van der Waals surface area contributed by atoms with Crippen LogP contribution in [0.5, 0.6) is 0 Å². The third-order valence-electron chi connectivity index (χ3n) is 7.39. The zero-order valence-corrected chi connectivity index (χ0v) is 20.6. The first-order valence-corrected chi connectivity index (χ1v) is 11.4. The molecule has 0 aliphatic carbocycles. The lowest BCUT2D eigenvalue weighted by Crippen LogP contribution is -2.41. The number of benzene rings is 2. The average Bonchev–Trinajstić information content (AvgIpc) is 3.07. The summed E-state index contributed by atoms with van der Waals surface area (Å²) in [5, 5.41) is 0. The maximum atomic E-state index is 6.14. The molecule has 4 nitrogen and oxygen atoms in total. The first kappa shape index (κ1) is 23.3. The molecule has 0 amide bonds. The second-order valence-corrected chi connectivity index (χ2v) is 10.8. The zero-order valence-electron chi connectivity index (χ0n) is 20.6. The van der Waals surface area contributed by atoms with E-state index in [1.807, 2.05) is 0 Å². The zero-order chi connectivity index (χ0) is 23.4. The van der Waals surface area contributed by atoms with Crippen molar-refractivity contribution in [3.05, 3.63) is 59.7 Å². The van der Waals surface area contributed by atoms with E-state index in [0.717, 1.165) is 22.1 Å². The van der Waals surface area contributed by atoms with Crippen molar-refractivity contribution in [3.8, 4) is 0 Å². The summed E-state index contributed by atoms with van der Waals surface area (Å²) < 4.78 is 24.6. The van der Waals surface area contributed by atoms with E-state index in [4.69, 9.17) is 18.6 Å². The molecule has 168 valence electrons. The minimum absolute atomic E-state index is 0.331. The molecule has 32 heavy (non-hydrogen) atoms. The van der Waals surface area contributed by atoms with Gasteiger partial charge in [-0.1, -0.05) is 60.7 Å². The standard InChI is InChI=1S/C26H34B2O4/c1-23(2)24(3,4)30-27(29-23)21-15-11-19(12-16-21)9-10-20-13-17-22(18-14-20)28-31-25(5,6)26(7,8)32-28/h9-18H,1-8H3/b10-9+. The van der Waals surface area contributed by atoms with Gasteiger partial charge in [0.05, 0.1) is 22.4 Å². The van der Waals surface area contributed by atoms with Gasteiger partial charge in [-0.3, -0.25) is 0 Å². The lowest BCUT2D eigenvalue weighted by molar-refractivity contribution is 0.00578. The molecular formula is C26H34B2O4. The van der Waals surface area contributed by atoms with Crippen molar-refractivity contribution in [1.29, 1.82) is 0 Å². The Balaban J connectivity index is 1.40. The molecule has 2 aromatic rings. The highest BCUT2D eigenvalue weighted by Gasteiger charge is 2.52. The van der Waals surface area contributed by atoms with Gasteiger partial charge in [-0.05, 0) is 77.4 Å². The summed E-state index contributed by atoms with van der Waals surface area (Å²) in [6.45, 7) is 16.6. The molecule has 2 aliphatic heterocycles. The van der Waals surface area contributed by atoms with Gasteiger partial charge in [0, 0.05) is 0 Å². The maximum absolute atomic E-state index is 6.14. The van der Waals surface area contributed by atoms with Crippen molar-refractivity contribution in [1.82, 2.24) is 0 Å². The molecule has 0 aromatic heterocycles. The molecule has 2 heterocycles. The summed E-state index contributed by atoms with van der Waals surface area (Å²) in [6, 6.07) is 16.7. The Morgan fingerprint density at radius 3 is 0.969 bits per heavy atom. The van der Waals surface area contributed by atoms with Gasteiger partial charge in [0.1, 0.15) is 0 Å². The predicted octanol–water partition coefficient (Wildman–Crippen LogP) is 4.46. The van der Waals surface area contributed by atoms with E-state index in [1.54, 1.807) is 0 Å². The van der Waals surface area contributed by atoms with Crippen LogP contribution in [0.15, 0.2) is 48.5 Å². The van der Waals surface area contributed by atoms with Gasteiger partial charge in [0.25, 0.3) is 0 Å². The van der Waals surface area contributed by atoms with Crippen LogP contribution in [0.4, 0.5) is 0 Å². The van der Waals surface area contributed by atoms with Crippen LogP contribution in [0.2, 0.25) is 0 Å². The number of hydrogen-bond acceptors (Lipinski definition) is 4. The summed E-state index contributed by atoms with van der Waals surface area (Å²) >= 11 is 0. The van der Waals surface area contributed by atoms with E-state index in [-0.39, 0.29) is 36.6 Å². The van der Waals surface area contributed by atoms with Crippen LogP contribution >= 0.6 is 0 Å². The summed E-state index contributed by atoms with van der Waals surface area (Å²) in [7, 11) is -0.666. The highest BCUT2D eigenvalue weighted by molar-refractivity contribution is 6.62. The summed E-state index contributed by atoms with van der Waals surface area (Å²) in [4.78, 5) is 0. The Labute approximate surface area is 193 Å². The van der Waals surface area contributed by atoms with Crippen LogP contribution in [0, 0.1) is 0 Å². The Hall–Kier alpha value is -1.85. The fraction of sp³-hybridized carbons (Fsp3) is 0.462. The smallest absolute Gasteiger partial charge is 0.399 e.